The van der Waals surface area contributed by atoms with Gasteiger partial charge in [-0.1, -0.05) is 32.9 Å². The minimum absolute atomic E-state index is 0.122. The van der Waals surface area contributed by atoms with Crippen molar-refractivity contribution < 1.29 is 14.6 Å². The van der Waals surface area contributed by atoms with E-state index in [4.69, 9.17) is 4.74 Å². The molecule has 1 N–H and O–H groups in total. The lowest BCUT2D eigenvalue weighted by Crippen LogP contribution is -2.44. The highest BCUT2D eigenvalue weighted by atomic mass is 16.5. The van der Waals surface area contributed by atoms with Crippen LogP contribution in [-0.4, -0.2) is 41.2 Å². The summed E-state index contributed by atoms with van der Waals surface area (Å²) in [5, 5.41) is 9.27. The van der Waals surface area contributed by atoms with Gasteiger partial charge in [-0.25, -0.2) is 0 Å². The fourth-order valence-electron chi connectivity index (χ4n) is 6.36. The highest BCUT2D eigenvalue weighted by Crippen LogP contribution is 2.39. The molecule has 0 radical (unpaired) electrons. The second-order valence-corrected chi connectivity index (χ2v) is 11.7. The van der Waals surface area contributed by atoms with Crippen LogP contribution in [0.2, 0.25) is 0 Å². The standard InChI is InChI=1S/C28H43NO3/c1-28(2,3)23-10-16-26(17-11-23)32-25-14-8-20(9-15-25)22-5-4-18-29(19-22)24-12-6-21(7-13-24)27(30)31/h8-9,14-15,21-24,26H,4-7,10-13,16-19H2,1-3H3,(H,30,31). The predicted molar refractivity (Wildman–Crippen MR) is 129 cm³/mol. The molecule has 4 rings (SSSR count). The molecule has 0 bridgehead atoms. The summed E-state index contributed by atoms with van der Waals surface area (Å²) < 4.78 is 6.35. The number of likely N-dealkylation sites (tertiary alicyclic amines) is 1. The molecular formula is C28H43NO3. The van der Waals surface area contributed by atoms with Crippen molar-refractivity contribution in [2.45, 2.75) is 103 Å². The minimum Gasteiger partial charge on any atom is -0.490 e. The molecule has 178 valence electrons. The van der Waals surface area contributed by atoms with Gasteiger partial charge in [0.2, 0.25) is 0 Å². The Hall–Kier alpha value is -1.55. The minimum atomic E-state index is -0.607. The average molecular weight is 442 g/mol. The van der Waals surface area contributed by atoms with Crippen molar-refractivity contribution in [1.82, 2.24) is 4.90 Å². The molecule has 1 aromatic carbocycles. The number of aliphatic carboxylic acids is 1. The highest BCUT2D eigenvalue weighted by molar-refractivity contribution is 5.70. The molecule has 4 heteroatoms. The van der Waals surface area contributed by atoms with Gasteiger partial charge in [-0.3, -0.25) is 9.69 Å². The molecule has 3 fully saturated rings. The van der Waals surface area contributed by atoms with Gasteiger partial charge in [0, 0.05) is 12.6 Å². The maximum atomic E-state index is 11.3. The Kier molecular flexibility index (Phi) is 7.49. The molecule has 1 aromatic rings. The van der Waals surface area contributed by atoms with Gasteiger partial charge in [0.1, 0.15) is 5.75 Å². The number of rotatable bonds is 5. The topological polar surface area (TPSA) is 49.8 Å². The summed E-state index contributed by atoms with van der Waals surface area (Å²) in [6.45, 7) is 9.37. The number of hydrogen-bond donors (Lipinski definition) is 1. The van der Waals surface area contributed by atoms with E-state index in [0.717, 1.165) is 50.4 Å². The summed E-state index contributed by atoms with van der Waals surface area (Å²) >= 11 is 0. The summed E-state index contributed by atoms with van der Waals surface area (Å²) in [7, 11) is 0. The van der Waals surface area contributed by atoms with Crippen LogP contribution in [0.5, 0.6) is 5.75 Å². The summed E-state index contributed by atoms with van der Waals surface area (Å²) in [5.74, 6) is 1.69. The maximum absolute atomic E-state index is 11.3. The number of carboxylic acids is 1. The molecule has 1 unspecified atom stereocenters. The average Bonchev–Trinajstić information content (AvgIpc) is 2.79. The first-order chi connectivity index (χ1) is 15.3. The lowest BCUT2D eigenvalue weighted by Gasteiger charge is -2.41. The van der Waals surface area contributed by atoms with Crippen LogP contribution in [0, 0.1) is 17.3 Å². The Labute approximate surface area is 194 Å². The lowest BCUT2D eigenvalue weighted by atomic mass is 9.72. The molecule has 0 aromatic heterocycles. The van der Waals surface area contributed by atoms with Crippen molar-refractivity contribution in [2.24, 2.45) is 17.3 Å². The van der Waals surface area contributed by atoms with Gasteiger partial charge < -0.3 is 9.84 Å². The molecule has 0 amide bonds. The SMILES string of the molecule is CC(C)(C)C1CCC(Oc2ccc(C3CCCN(C4CCC(C(=O)O)CC4)C3)cc2)CC1. The monoisotopic (exact) mass is 441 g/mol. The fraction of sp³-hybridized carbons (Fsp3) is 0.750. The van der Waals surface area contributed by atoms with Crippen molar-refractivity contribution in [3.8, 4) is 5.75 Å². The van der Waals surface area contributed by atoms with Crippen LogP contribution in [0.15, 0.2) is 24.3 Å². The second kappa shape index (κ2) is 10.2. The third kappa shape index (κ3) is 5.87. The number of carboxylic acid groups (broad SMARTS) is 1. The van der Waals surface area contributed by atoms with E-state index in [0.29, 0.717) is 23.5 Å². The first kappa shape index (κ1) is 23.6. The van der Waals surface area contributed by atoms with Crippen LogP contribution in [0.3, 0.4) is 0 Å². The smallest absolute Gasteiger partial charge is 0.306 e. The van der Waals surface area contributed by atoms with Gasteiger partial charge in [0.05, 0.1) is 12.0 Å². The molecular weight excluding hydrogens is 398 g/mol. The molecule has 1 atom stereocenters. The van der Waals surface area contributed by atoms with Crippen LogP contribution in [0.4, 0.5) is 0 Å². The molecule has 2 saturated carbocycles. The molecule has 4 nitrogen and oxygen atoms in total. The van der Waals surface area contributed by atoms with E-state index in [1.54, 1.807) is 0 Å². The summed E-state index contributed by atoms with van der Waals surface area (Å²) in [6.07, 6.45) is 11.5. The van der Waals surface area contributed by atoms with Crippen LogP contribution in [0.1, 0.15) is 96.5 Å². The van der Waals surface area contributed by atoms with Crippen LogP contribution >= 0.6 is 0 Å². The van der Waals surface area contributed by atoms with Gasteiger partial charge in [0.15, 0.2) is 0 Å². The highest BCUT2D eigenvalue weighted by Gasteiger charge is 2.33. The zero-order chi connectivity index (χ0) is 22.7. The third-order valence-electron chi connectivity index (χ3n) is 8.57. The third-order valence-corrected chi connectivity index (χ3v) is 8.57. The summed E-state index contributed by atoms with van der Waals surface area (Å²) in [6, 6.07) is 9.50. The van der Waals surface area contributed by atoms with Gasteiger partial charge >= 0.3 is 5.97 Å². The van der Waals surface area contributed by atoms with Crippen molar-refractivity contribution in [1.29, 1.82) is 0 Å². The van der Waals surface area contributed by atoms with Crippen LogP contribution in [-0.2, 0) is 4.79 Å². The number of carbonyl (C=O) groups is 1. The first-order valence-corrected chi connectivity index (χ1v) is 13.0. The Morgan fingerprint density at radius 3 is 2.19 bits per heavy atom. The van der Waals surface area contributed by atoms with Gasteiger partial charge in [-0.05, 0) is 106 Å². The number of nitrogens with zero attached hydrogens (tertiary/aromatic N) is 1. The second-order valence-electron chi connectivity index (χ2n) is 11.7. The Balaban J connectivity index is 1.27. The van der Waals surface area contributed by atoms with E-state index < -0.39 is 5.97 Å². The molecule has 1 heterocycles. The van der Waals surface area contributed by atoms with Gasteiger partial charge in [-0.2, -0.15) is 0 Å². The van der Waals surface area contributed by atoms with E-state index in [1.807, 2.05) is 0 Å². The van der Waals surface area contributed by atoms with Crippen molar-refractivity contribution >= 4 is 5.97 Å². The number of hydrogen-bond acceptors (Lipinski definition) is 3. The first-order valence-electron chi connectivity index (χ1n) is 13.0. The molecule has 32 heavy (non-hydrogen) atoms. The fourth-order valence-corrected chi connectivity index (χ4v) is 6.36. The molecule has 2 aliphatic carbocycles. The van der Waals surface area contributed by atoms with Crippen molar-refractivity contribution in [3.05, 3.63) is 29.8 Å². The van der Waals surface area contributed by atoms with E-state index >= 15 is 0 Å². The Morgan fingerprint density at radius 1 is 0.938 bits per heavy atom. The van der Waals surface area contributed by atoms with E-state index in [-0.39, 0.29) is 5.92 Å². The molecule has 1 aliphatic heterocycles. The zero-order valence-corrected chi connectivity index (χ0v) is 20.4. The number of piperidine rings is 1. The van der Waals surface area contributed by atoms with Crippen LogP contribution in [0.25, 0.3) is 0 Å². The van der Waals surface area contributed by atoms with Crippen LogP contribution < -0.4 is 4.74 Å². The molecule has 0 spiro atoms. The number of ether oxygens (including phenoxy) is 1. The summed E-state index contributed by atoms with van der Waals surface area (Å²) in [5.41, 5.74) is 1.84. The maximum Gasteiger partial charge on any atom is 0.306 e. The Morgan fingerprint density at radius 2 is 1.59 bits per heavy atom. The summed E-state index contributed by atoms with van der Waals surface area (Å²) in [4.78, 5) is 13.9. The van der Waals surface area contributed by atoms with E-state index in [9.17, 15) is 9.90 Å². The normalized spacial score (nSPS) is 32.4. The lowest BCUT2D eigenvalue weighted by molar-refractivity contribution is -0.143. The molecule has 3 aliphatic rings. The zero-order valence-electron chi connectivity index (χ0n) is 20.4. The van der Waals surface area contributed by atoms with Crippen molar-refractivity contribution in [3.63, 3.8) is 0 Å². The largest absolute Gasteiger partial charge is 0.490 e. The quantitative estimate of drug-likeness (QED) is 0.567. The van der Waals surface area contributed by atoms with Crippen molar-refractivity contribution in [2.75, 3.05) is 13.1 Å². The van der Waals surface area contributed by atoms with Gasteiger partial charge in [-0.15, -0.1) is 0 Å². The molecule has 1 saturated heterocycles. The Bertz CT molecular complexity index is 737. The van der Waals surface area contributed by atoms with Gasteiger partial charge in [0.25, 0.3) is 0 Å². The number of benzene rings is 1. The van der Waals surface area contributed by atoms with E-state index in [2.05, 4.69) is 49.9 Å². The predicted octanol–water partition coefficient (Wildman–Crippen LogP) is 6.49. The van der Waals surface area contributed by atoms with E-state index in [1.165, 1.54) is 44.1 Å².